The summed E-state index contributed by atoms with van der Waals surface area (Å²) < 4.78 is 0. The molecule has 0 aromatic heterocycles. The molecule has 0 unspecified atom stereocenters. The van der Waals surface area contributed by atoms with E-state index in [-0.39, 0.29) is 0 Å². The van der Waals surface area contributed by atoms with Gasteiger partial charge in [0.25, 0.3) is 0 Å². The maximum Gasteiger partial charge on any atom is 0.0998 e. The molecule has 0 radical (unpaired) electrons. The van der Waals surface area contributed by atoms with Crippen molar-refractivity contribution >= 4 is 33.7 Å². The molecular formula is C18H13ClN2. The molecule has 0 amide bonds. The Morgan fingerprint density at radius 3 is 2.43 bits per heavy atom. The van der Waals surface area contributed by atoms with Crippen LogP contribution in [0.1, 0.15) is 11.1 Å². The van der Waals surface area contributed by atoms with Gasteiger partial charge >= 0.3 is 0 Å². The van der Waals surface area contributed by atoms with E-state index < -0.39 is 0 Å². The lowest BCUT2D eigenvalue weighted by atomic mass is 10.0. The predicted molar refractivity (Wildman–Crippen MR) is 88.1 cm³/mol. The summed E-state index contributed by atoms with van der Waals surface area (Å²) in [7, 11) is 0. The van der Waals surface area contributed by atoms with Crippen molar-refractivity contribution in [3.8, 4) is 6.07 Å². The molecule has 21 heavy (non-hydrogen) atoms. The maximum absolute atomic E-state index is 9.21. The first kappa shape index (κ1) is 13.5. The van der Waals surface area contributed by atoms with Crippen molar-refractivity contribution in [2.75, 3.05) is 5.32 Å². The van der Waals surface area contributed by atoms with Crippen LogP contribution in [0.25, 0.3) is 10.8 Å². The van der Waals surface area contributed by atoms with Crippen molar-refractivity contribution in [1.82, 2.24) is 0 Å². The number of hydrogen-bond donors (Lipinski definition) is 1. The lowest BCUT2D eigenvalue weighted by Gasteiger charge is -2.13. The number of rotatable bonds is 2. The van der Waals surface area contributed by atoms with Gasteiger partial charge in [-0.1, -0.05) is 41.9 Å². The van der Waals surface area contributed by atoms with E-state index in [0.29, 0.717) is 5.56 Å². The Hall–Kier alpha value is -2.50. The second kappa shape index (κ2) is 5.47. The summed E-state index contributed by atoms with van der Waals surface area (Å²) in [6.07, 6.45) is 0. The highest BCUT2D eigenvalue weighted by molar-refractivity contribution is 6.31. The van der Waals surface area contributed by atoms with Crippen molar-refractivity contribution < 1.29 is 0 Å². The molecule has 0 heterocycles. The third-order valence-corrected chi connectivity index (χ3v) is 3.99. The Bertz CT molecular complexity index is 863. The van der Waals surface area contributed by atoms with E-state index in [0.717, 1.165) is 32.7 Å². The van der Waals surface area contributed by atoms with Gasteiger partial charge in [-0.2, -0.15) is 5.26 Å². The Balaban J connectivity index is 2.14. The number of anilines is 2. The van der Waals surface area contributed by atoms with Crippen LogP contribution in [0, 0.1) is 18.3 Å². The van der Waals surface area contributed by atoms with Gasteiger partial charge in [0.15, 0.2) is 0 Å². The van der Waals surface area contributed by atoms with E-state index in [9.17, 15) is 5.26 Å². The second-order valence-electron chi connectivity index (χ2n) is 4.86. The van der Waals surface area contributed by atoms with Crippen molar-refractivity contribution in [3.05, 3.63) is 70.7 Å². The van der Waals surface area contributed by atoms with Crippen molar-refractivity contribution in [1.29, 1.82) is 5.26 Å². The number of hydrogen-bond acceptors (Lipinski definition) is 2. The minimum Gasteiger partial charge on any atom is -0.355 e. The third-order valence-electron chi connectivity index (χ3n) is 3.58. The second-order valence-corrected chi connectivity index (χ2v) is 5.26. The van der Waals surface area contributed by atoms with Gasteiger partial charge in [0.2, 0.25) is 0 Å². The minimum atomic E-state index is 0.680. The summed E-state index contributed by atoms with van der Waals surface area (Å²) in [4.78, 5) is 0. The zero-order valence-corrected chi connectivity index (χ0v) is 12.3. The first-order chi connectivity index (χ1) is 10.2. The lowest BCUT2D eigenvalue weighted by Crippen LogP contribution is -1.95. The van der Waals surface area contributed by atoms with Gasteiger partial charge in [0.05, 0.1) is 11.6 Å². The number of nitrogens with zero attached hydrogens (tertiary/aromatic N) is 1. The molecule has 0 saturated heterocycles. The summed E-state index contributed by atoms with van der Waals surface area (Å²) in [6.45, 7) is 1.98. The molecule has 102 valence electrons. The summed E-state index contributed by atoms with van der Waals surface area (Å²) in [5, 5.41) is 15.3. The van der Waals surface area contributed by atoms with Gasteiger partial charge < -0.3 is 5.32 Å². The molecule has 0 aliphatic heterocycles. The first-order valence-corrected chi connectivity index (χ1v) is 7.02. The lowest BCUT2D eigenvalue weighted by molar-refractivity contribution is 1.43. The molecule has 0 spiro atoms. The molecule has 3 aromatic carbocycles. The molecule has 2 nitrogen and oxygen atoms in total. The molecule has 0 aliphatic rings. The average molecular weight is 293 g/mol. The quantitative estimate of drug-likeness (QED) is 0.685. The van der Waals surface area contributed by atoms with Crippen molar-refractivity contribution in [2.24, 2.45) is 0 Å². The maximum atomic E-state index is 9.21. The number of halogens is 1. The molecule has 0 fully saturated rings. The summed E-state index contributed by atoms with van der Waals surface area (Å²) >= 11 is 6.16. The smallest absolute Gasteiger partial charge is 0.0998 e. The zero-order valence-electron chi connectivity index (χ0n) is 11.5. The van der Waals surface area contributed by atoms with E-state index in [1.165, 1.54) is 0 Å². The van der Waals surface area contributed by atoms with Crippen LogP contribution in [0.3, 0.4) is 0 Å². The van der Waals surface area contributed by atoms with Crippen LogP contribution in [-0.4, -0.2) is 0 Å². The molecular weight excluding hydrogens is 280 g/mol. The molecule has 3 heteroatoms. The van der Waals surface area contributed by atoms with Gasteiger partial charge in [-0.05, 0) is 36.8 Å². The summed E-state index contributed by atoms with van der Waals surface area (Å²) in [6, 6.07) is 19.7. The zero-order chi connectivity index (χ0) is 14.8. The number of fused-ring (bicyclic) bond motifs is 1. The predicted octanol–water partition coefficient (Wildman–Crippen LogP) is 5.42. The summed E-state index contributed by atoms with van der Waals surface area (Å²) in [5.41, 5.74) is 3.62. The average Bonchev–Trinajstić information content (AvgIpc) is 2.52. The van der Waals surface area contributed by atoms with Crippen LogP contribution in [0.15, 0.2) is 54.6 Å². The molecule has 0 aliphatic carbocycles. The fraction of sp³-hybridized carbons (Fsp3) is 0.0556. The molecule has 0 atom stereocenters. The Morgan fingerprint density at radius 1 is 0.905 bits per heavy atom. The van der Waals surface area contributed by atoms with Crippen molar-refractivity contribution in [3.63, 3.8) is 0 Å². The van der Waals surface area contributed by atoms with Crippen LogP contribution >= 0.6 is 11.6 Å². The van der Waals surface area contributed by atoms with Crippen molar-refractivity contribution in [2.45, 2.75) is 6.92 Å². The highest BCUT2D eigenvalue weighted by Gasteiger charge is 2.07. The fourth-order valence-electron chi connectivity index (χ4n) is 2.39. The van der Waals surface area contributed by atoms with Gasteiger partial charge in [-0.3, -0.25) is 0 Å². The number of nitriles is 1. The molecule has 1 N–H and O–H groups in total. The van der Waals surface area contributed by atoms with Gasteiger partial charge in [-0.25, -0.2) is 0 Å². The van der Waals surface area contributed by atoms with E-state index in [1.807, 2.05) is 61.5 Å². The Morgan fingerprint density at radius 2 is 1.67 bits per heavy atom. The van der Waals surface area contributed by atoms with E-state index in [4.69, 9.17) is 11.6 Å². The first-order valence-electron chi connectivity index (χ1n) is 6.64. The summed E-state index contributed by atoms with van der Waals surface area (Å²) in [5.74, 6) is 0. The van der Waals surface area contributed by atoms with Crippen LogP contribution in [0.5, 0.6) is 0 Å². The van der Waals surface area contributed by atoms with E-state index >= 15 is 0 Å². The highest BCUT2D eigenvalue weighted by atomic mass is 35.5. The fourth-order valence-corrected chi connectivity index (χ4v) is 2.57. The largest absolute Gasteiger partial charge is 0.355 e. The Kier molecular flexibility index (Phi) is 3.51. The van der Waals surface area contributed by atoms with Gasteiger partial charge in [0, 0.05) is 27.2 Å². The van der Waals surface area contributed by atoms with Gasteiger partial charge in [-0.15, -0.1) is 0 Å². The number of nitrogens with one attached hydrogen (secondary N) is 1. The number of benzene rings is 3. The molecule has 0 bridgehead atoms. The van der Waals surface area contributed by atoms with Crippen LogP contribution in [-0.2, 0) is 0 Å². The highest BCUT2D eigenvalue weighted by Crippen LogP contribution is 2.31. The minimum absolute atomic E-state index is 0.680. The van der Waals surface area contributed by atoms with Crippen LogP contribution < -0.4 is 5.32 Å². The molecule has 3 aromatic rings. The molecule has 0 saturated carbocycles. The Labute approximate surface area is 128 Å². The monoisotopic (exact) mass is 292 g/mol. The SMILES string of the molecule is Cc1c(Cl)cccc1Nc1ccc(C#N)c2ccccc12. The van der Waals surface area contributed by atoms with Crippen LogP contribution in [0.2, 0.25) is 5.02 Å². The standard InChI is InChI=1S/C18H13ClN2/c1-12-16(19)7-4-8-17(12)21-18-10-9-13(11-20)14-5-2-3-6-15(14)18/h2-10,21H,1H3. The molecule has 3 rings (SSSR count). The normalized spacial score (nSPS) is 10.3. The van der Waals surface area contributed by atoms with Crippen LogP contribution in [0.4, 0.5) is 11.4 Å². The topological polar surface area (TPSA) is 35.8 Å². The van der Waals surface area contributed by atoms with E-state index in [2.05, 4.69) is 11.4 Å². The van der Waals surface area contributed by atoms with Gasteiger partial charge in [0.1, 0.15) is 0 Å². The van der Waals surface area contributed by atoms with E-state index in [1.54, 1.807) is 0 Å². The third kappa shape index (κ3) is 2.44.